The van der Waals surface area contributed by atoms with Gasteiger partial charge in [0.1, 0.15) is 5.69 Å². The predicted octanol–water partition coefficient (Wildman–Crippen LogP) is 2.09. The fraction of sp³-hybridized carbons (Fsp3) is 0.200. The summed E-state index contributed by atoms with van der Waals surface area (Å²) in [6.07, 6.45) is 4.48. The summed E-state index contributed by atoms with van der Waals surface area (Å²) in [5.41, 5.74) is 1.91. The monoisotopic (exact) mass is 351 g/mol. The first-order chi connectivity index (χ1) is 10.9. The van der Waals surface area contributed by atoms with Crippen LogP contribution in [-0.4, -0.2) is 43.6 Å². The second kappa shape index (κ2) is 7.47. The summed E-state index contributed by atoms with van der Waals surface area (Å²) < 4.78 is 21.9. The lowest BCUT2D eigenvalue weighted by molar-refractivity contribution is 0.0953. The quantitative estimate of drug-likeness (QED) is 0.778. The Morgan fingerprint density at radius 3 is 2.65 bits per heavy atom. The smallest absolute Gasteiger partial charge is 0.269 e. The summed E-state index contributed by atoms with van der Waals surface area (Å²) in [5, 5.41) is 10.4. The summed E-state index contributed by atoms with van der Waals surface area (Å²) in [6.45, 7) is 0.128. The van der Waals surface area contributed by atoms with Gasteiger partial charge >= 0.3 is 0 Å². The van der Waals surface area contributed by atoms with Gasteiger partial charge in [0.15, 0.2) is 9.84 Å². The zero-order chi connectivity index (χ0) is 16.9. The van der Waals surface area contributed by atoms with Gasteiger partial charge in [-0.3, -0.25) is 9.89 Å². The molecule has 0 aliphatic rings. The Bertz CT molecular complexity index is 809. The first-order valence-electron chi connectivity index (χ1n) is 6.73. The van der Waals surface area contributed by atoms with E-state index in [4.69, 9.17) is 0 Å². The second-order valence-corrected chi connectivity index (χ2v) is 7.62. The van der Waals surface area contributed by atoms with E-state index in [2.05, 4.69) is 15.5 Å². The standard InChI is InChI=1S/C15H17N3O3S2/c1-22-12-6-4-11(5-7-12)13-10-14(18-17-13)15(19)16-8-3-9-23(2,20)21/h3-7,9-10H,8H2,1-2H3,(H,16,19)(H,17,18)/b9-3+. The van der Waals surface area contributed by atoms with Crippen LogP contribution in [0.15, 0.2) is 46.7 Å². The van der Waals surface area contributed by atoms with Crippen LogP contribution in [0, 0.1) is 0 Å². The number of nitrogens with zero attached hydrogens (tertiary/aromatic N) is 1. The van der Waals surface area contributed by atoms with Crippen molar-refractivity contribution in [2.45, 2.75) is 4.90 Å². The number of carbonyl (C=O) groups is 1. The molecule has 2 rings (SSSR count). The minimum absolute atomic E-state index is 0.128. The molecule has 1 heterocycles. The van der Waals surface area contributed by atoms with Crippen LogP contribution in [0.2, 0.25) is 0 Å². The first kappa shape index (κ1) is 17.3. The average Bonchev–Trinajstić information content (AvgIpc) is 3.00. The number of amides is 1. The Morgan fingerprint density at radius 2 is 2.04 bits per heavy atom. The number of nitrogens with one attached hydrogen (secondary N) is 2. The van der Waals surface area contributed by atoms with E-state index in [9.17, 15) is 13.2 Å². The Labute approximate surface area is 139 Å². The van der Waals surface area contributed by atoms with Gasteiger partial charge in [0.05, 0.1) is 5.69 Å². The minimum atomic E-state index is -3.18. The molecule has 2 aromatic rings. The molecule has 1 aromatic carbocycles. The largest absolute Gasteiger partial charge is 0.347 e. The average molecular weight is 351 g/mol. The molecule has 0 bridgehead atoms. The highest BCUT2D eigenvalue weighted by molar-refractivity contribution is 7.98. The highest BCUT2D eigenvalue weighted by Gasteiger charge is 2.10. The number of benzene rings is 1. The highest BCUT2D eigenvalue weighted by atomic mass is 32.2. The third kappa shape index (κ3) is 5.26. The molecule has 0 fully saturated rings. The molecule has 2 N–H and O–H groups in total. The Morgan fingerprint density at radius 1 is 1.35 bits per heavy atom. The number of hydrogen-bond acceptors (Lipinski definition) is 5. The van der Waals surface area contributed by atoms with Crippen molar-refractivity contribution in [2.24, 2.45) is 0 Å². The van der Waals surface area contributed by atoms with Crippen molar-refractivity contribution >= 4 is 27.5 Å². The molecule has 0 aliphatic heterocycles. The number of aromatic nitrogens is 2. The van der Waals surface area contributed by atoms with Gasteiger partial charge in [0.25, 0.3) is 5.91 Å². The maximum atomic E-state index is 11.9. The van der Waals surface area contributed by atoms with Crippen molar-refractivity contribution in [3.8, 4) is 11.3 Å². The van der Waals surface area contributed by atoms with E-state index in [0.717, 1.165) is 22.1 Å². The minimum Gasteiger partial charge on any atom is -0.347 e. The lowest BCUT2D eigenvalue weighted by atomic mass is 10.1. The van der Waals surface area contributed by atoms with E-state index in [-0.39, 0.29) is 12.5 Å². The fourth-order valence-electron chi connectivity index (χ4n) is 1.82. The topological polar surface area (TPSA) is 91.9 Å². The zero-order valence-electron chi connectivity index (χ0n) is 12.7. The Balaban J connectivity index is 2.00. The van der Waals surface area contributed by atoms with E-state index in [1.807, 2.05) is 30.5 Å². The molecule has 23 heavy (non-hydrogen) atoms. The molecule has 0 aliphatic carbocycles. The number of rotatable bonds is 6. The molecule has 6 nitrogen and oxygen atoms in total. The van der Waals surface area contributed by atoms with Crippen LogP contribution < -0.4 is 5.32 Å². The molecule has 0 atom stereocenters. The summed E-state index contributed by atoms with van der Waals surface area (Å²) in [6, 6.07) is 9.52. The molecule has 0 spiro atoms. The molecule has 0 unspecified atom stereocenters. The van der Waals surface area contributed by atoms with E-state index >= 15 is 0 Å². The number of H-pyrrole nitrogens is 1. The predicted molar refractivity (Wildman–Crippen MR) is 92.1 cm³/mol. The van der Waals surface area contributed by atoms with Gasteiger partial charge in [-0.25, -0.2) is 8.42 Å². The van der Waals surface area contributed by atoms with Crippen LogP contribution in [0.5, 0.6) is 0 Å². The van der Waals surface area contributed by atoms with Crippen LogP contribution in [0.4, 0.5) is 0 Å². The van der Waals surface area contributed by atoms with Crippen LogP contribution in [0.3, 0.4) is 0 Å². The summed E-state index contributed by atoms with van der Waals surface area (Å²) >= 11 is 1.65. The van der Waals surface area contributed by atoms with Crippen molar-refractivity contribution in [3.05, 3.63) is 47.5 Å². The third-order valence-corrected chi connectivity index (χ3v) is 4.36. The van der Waals surface area contributed by atoms with E-state index in [1.54, 1.807) is 17.8 Å². The van der Waals surface area contributed by atoms with Gasteiger partial charge in [0, 0.05) is 28.7 Å². The van der Waals surface area contributed by atoms with Gasteiger partial charge in [0.2, 0.25) is 0 Å². The molecule has 0 radical (unpaired) electrons. The van der Waals surface area contributed by atoms with Crippen molar-refractivity contribution < 1.29 is 13.2 Å². The van der Waals surface area contributed by atoms with Crippen LogP contribution >= 0.6 is 11.8 Å². The van der Waals surface area contributed by atoms with Crippen molar-refractivity contribution in [1.82, 2.24) is 15.5 Å². The van der Waals surface area contributed by atoms with Gasteiger partial charge in [-0.1, -0.05) is 18.2 Å². The number of sulfone groups is 1. The Hall–Kier alpha value is -2.06. The van der Waals surface area contributed by atoms with Crippen molar-refractivity contribution in [3.63, 3.8) is 0 Å². The zero-order valence-corrected chi connectivity index (χ0v) is 14.4. The molecule has 0 saturated carbocycles. The van der Waals surface area contributed by atoms with Crippen molar-refractivity contribution in [1.29, 1.82) is 0 Å². The number of aromatic amines is 1. The highest BCUT2D eigenvalue weighted by Crippen LogP contribution is 2.21. The molecular formula is C15H17N3O3S2. The van der Waals surface area contributed by atoms with Crippen LogP contribution in [0.25, 0.3) is 11.3 Å². The second-order valence-electron chi connectivity index (χ2n) is 4.81. The summed E-state index contributed by atoms with van der Waals surface area (Å²) in [7, 11) is -3.18. The lowest BCUT2D eigenvalue weighted by Gasteiger charge is -1.99. The lowest BCUT2D eigenvalue weighted by Crippen LogP contribution is -2.23. The molecule has 1 amide bonds. The third-order valence-electron chi connectivity index (χ3n) is 2.93. The van der Waals surface area contributed by atoms with Gasteiger partial charge in [-0.2, -0.15) is 5.10 Å². The van der Waals surface area contributed by atoms with Crippen LogP contribution in [-0.2, 0) is 9.84 Å². The van der Waals surface area contributed by atoms with E-state index < -0.39 is 9.84 Å². The molecule has 122 valence electrons. The summed E-state index contributed by atoms with van der Waals surface area (Å²) in [4.78, 5) is 13.1. The molecule has 1 aromatic heterocycles. The molecular weight excluding hydrogens is 334 g/mol. The first-order valence-corrected chi connectivity index (χ1v) is 9.91. The van der Waals surface area contributed by atoms with Crippen LogP contribution in [0.1, 0.15) is 10.5 Å². The number of thioether (sulfide) groups is 1. The maximum Gasteiger partial charge on any atom is 0.269 e. The Kier molecular flexibility index (Phi) is 5.62. The van der Waals surface area contributed by atoms with Gasteiger partial charge < -0.3 is 5.32 Å². The van der Waals surface area contributed by atoms with Gasteiger partial charge in [-0.15, -0.1) is 11.8 Å². The SMILES string of the molecule is CSc1ccc(-c2cc(C(=O)NC/C=C/S(C)(=O)=O)[nH]n2)cc1. The van der Waals surface area contributed by atoms with E-state index in [1.165, 1.54) is 6.08 Å². The molecule has 8 heteroatoms. The van der Waals surface area contributed by atoms with E-state index in [0.29, 0.717) is 11.4 Å². The number of hydrogen-bond donors (Lipinski definition) is 2. The van der Waals surface area contributed by atoms with Gasteiger partial charge in [-0.05, 0) is 24.5 Å². The number of carbonyl (C=O) groups excluding carboxylic acids is 1. The maximum absolute atomic E-state index is 11.9. The normalized spacial score (nSPS) is 11.7. The molecule has 0 saturated heterocycles. The summed E-state index contributed by atoms with van der Waals surface area (Å²) in [5.74, 6) is -0.345. The fourth-order valence-corrected chi connectivity index (χ4v) is 2.67. The van der Waals surface area contributed by atoms with Crippen molar-refractivity contribution in [2.75, 3.05) is 19.1 Å².